The molecule has 0 radical (unpaired) electrons. The molecule has 0 amide bonds. The van der Waals surface area contributed by atoms with Crippen LogP contribution in [0.15, 0.2) is 30.5 Å². The van der Waals surface area contributed by atoms with E-state index in [4.69, 9.17) is 4.74 Å². The Balaban J connectivity index is 2.01. The SMILES string of the molecule is COc1ncccc1CNCc1cc(C)c(C)cc1C. The molecule has 0 bridgehead atoms. The van der Waals surface area contributed by atoms with Crippen molar-refractivity contribution in [2.75, 3.05) is 7.11 Å². The molecule has 1 aromatic carbocycles. The molecule has 1 heterocycles. The first-order valence-electron chi connectivity index (χ1n) is 6.87. The maximum absolute atomic E-state index is 5.26. The van der Waals surface area contributed by atoms with E-state index in [2.05, 4.69) is 43.2 Å². The summed E-state index contributed by atoms with van der Waals surface area (Å²) in [4.78, 5) is 4.20. The number of methoxy groups -OCH3 is 1. The van der Waals surface area contributed by atoms with Gasteiger partial charge < -0.3 is 10.1 Å². The third-order valence-electron chi connectivity index (χ3n) is 3.63. The molecule has 2 aromatic rings. The van der Waals surface area contributed by atoms with Crippen LogP contribution in [0.25, 0.3) is 0 Å². The van der Waals surface area contributed by atoms with Gasteiger partial charge in [0.2, 0.25) is 5.88 Å². The van der Waals surface area contributed by atoms with Crippen molar-refractivity contribution in [3.63, 3.8) is 0 Å². The highest BCUT2D eigenvalue weighted by Gasteiger charge is 2.04. The molecule has 0 aliphatic rings. The molecule has 106 valence electrons. The molecule has 0 saturated carbocycles. The van der Waals surface area contributed by atoms with E-state index in [9.17, 15) is 0 Å². The topological polar surface area (TPSA) is 34.1 Å². The normalized spacial score (nSPS) is 10.6. The maximum atomic E-state index is 5.26. The van der Waals surface area contributed by atoms with Crippen molar-refractivity contribution in [1.29, 1.82) is 0 Å². The quantitative estimate of drug-likeness (QED) is 0.905. The Hall–Kier alpha value is -1.87. The molecule has 0 fully saturated rings. The molecule has 3 nitrogen and oxygen atoms in total. The highest BCUT2D eigenvalue weighted by atomic mass is 16.5. The Kier molecular flexibility index (Phi) is 4.74. The second kappa shape index (κ2) is 6.53. The molecule has 0 atom stereocenters. The second-order valence-electron chi connectivity index (χ2n) is 5.14. The van der Waals surface area contributed by atoms with Crippen LogP contribution >= 0.6 is 0 Å². The first kappa shape index (κ1) is 14.5. The number of benzene rings is 1. The van der Waals surface area contributed by atoms with Gasteiger partial charge in [0.15, 0.2) is 0 Å². The van der Waals surface area contributed by atoms with Crippen molar-refractivity contribution in [2.45, 2.75) is 33.9 Å². The number of nitrogens with one attached hydrogen (secondary N) is 1. The fraction of sp³-hybridized carbons (Fsp3) is 0.353. The monoisotopic (exact) mass is 270 g/mol. The zero-order valence-electron chi connectivity index (χ0n) is 12.7. The van der Waals surface area contributed by atoms with E-state index in [-0.39, 0.29) is 0 Å². The summed E-state index contributed by atoms with van der Waals surface area (Å²) in [6, 6.07) is 8.47. The van der Waals surface area contributed by atoms with Crippen LogP contribution in [0.1, 0.15) is 27.8 Å². The van der Waals surface area contributed by atoms with Gasteiger partial charge in [0.25, 0.3) is 0 Å². The van der Waals surface area contributed by atoms with E-state index < -0.39 is 0 Å². The fourth-order valence-corrected chi connectivity index (χ4v) is 2.29. The molecule has 2 rings (SSSR count). The zero-order valence-corrected chi connectivity index (χ0v) is 12.7. The van der Waals surface area contributed by atoms with E-state index in [0.717, 1.165) is 18.7 Å². The van der Waals surface area contributed by atoms with Gasteiger partial charge in [-0.3, -0.25) is 0 Å². The van der Waals surface area contributed by atoms with E-state index in [1.54, 1.807) is 13.3 Å². The molecule has 20 heavy (non-hydrogen) atoms. The van der Waals surface area contributed by atoms with Crippen molar-refractivity contribution in [2.24, 2.45) is 0 Å². The van der Waals surface area contributed by atoms with Crippen molar-refractivity contribution >= 4 is 0 Å². The summed E-state index contributed by atoms with van der Waals surface area (Å²) in [7, 11) is 1.65. The molecule has 0 aliphatic heterocycles. The largest absolute Gasteiger partial charge is 0.481 e. The standard InChI is InChI=1S/C17H22N2O/c1-12-8-14(3)16(9-13(12)2)11-18-10-15-6-5-7-19-17(15)20-4/h5-9,18H,10-11H2,1-4H3. The molecule has 1 N–H and O–H groups in total. The number of pyridine rings is 1. The van der Waals surface area contributed by atoms with Gasteiger partial charge in [-0.1, -0.05) is 18.2 Å². The number of hydrogen-bond acceptors (Lipinski definition) is 3. The lowest BCUT2D eigenvalue weighted by atomic mass is 10.0. The van der Waals surface area contributed by atoms with Crippen LogP contribution < -0.4 is 10.1 Å². The minimum atomic E-state index is 0.691. The van der Waals surface area contributed by atoms with Crippen LogP contribution in [0, 0.1) is 20.8 Å². The minimum Gasteiger partial charge on any atom is -0.481 e. The van der Waals surface area contributed by atoms with Crippen LogP contribution in [0.5, 0.6) is 5.88 Å². The lowest BCUT2D eigenvalue weighted by Crippen LogP contribution is -2.14. The number of ether oxygens (including phenoxy) is 1. The average Bonchev–Trinajstić information content (AvgIpc) is 2.45. The smallest absolute Gasteiger partial charge is 0.217 e. The Morgan fingerprint density at radius 3 is 2.45 bits per heavy atom. The third-order valence-corrected chi connectivity index (χ3v) is 3.63. The average molecular weight is 270 g/mol. The van der Waals surface area contributed by atoms with E-state index in [1.807, 2.05) is 12.1 Å². The van der Waals surface area contributed by atoms with E-state index in [1.165, 1.54) is 22.3 Å². The molecular weight excluding hydrogens is 248 g/mol. The highest BCUT2D eigenvalue weighted by Crippen LogP contribution is 2.16. The molecule has 0 spiro atoms. The number of rotatable bonds is 5. The van der Waals surface area contributed by atoms with Crippen LogP contribution in [-0.2, 0) is 13.1 Å². The van der Waals surface area contributed by atoms with Crippen molar-refractivity contribution in [3.8, 4) is 5.88 Å². The number of nitrogens with zero attached hydrogens (tertiary/aromatic N) is 1. The van der Waals surface area contributed by atoms with Gasteiger partial charge in [-0.05, 0) is 49.1 Å². The third kappa shape index (κ3) is 3.36. The number of aromatic nitrogens is 1. The maximum Gasteiger partial charge on any atom is 0.217 e. The van der Waals surface area contributed by atoms with Gasteiger partial charge >= 0.3 is 0 Å². The number of hydrogen-bond donors (Lipinski definition) is 1. The van der Waals surface area contributed by atoms with Gasteiger partial charge in [0.1, 0.15) is 0 Å². The van der Waals surface area contributed by atoms with Gasteiger partial charge in [0, 0.05) is 24.8 Å². The van der Waals surface area contributed by atoms with Crippen molar-refractivity contribution in [1.82, 2.24) is 10.3 Å². The summed E-state index contributed by atoms with van der Waals surface area (Å²) in [5.41, 5.74) is 6.44. The minimum absolute atomic E-state index is 0.691. The Morgan fingerprint density at radius 1 is 1.00 bits per heavy atom. The molecule has 3 heteroatoms. The van der Waals surface area contributed by atoms with Gasteiger partial charge in [-0.2, -0.15) is 0 Å². The second-order valence-corrected chi connectivity index (χ2v) is 5.14. The molecule has 0 unspecified atom stereocenters. The summed E-state index contributed by atoms with van der Waals surface area (Å²) in [5.74, 6) is 0.691. The number of aryl methyl sites for hydroxylation is 3. The van der Waals surface area contributed by atoms with Gasteiger partial charge in [0.05, 0.1) is 7.11 Å². The predicted molar refractivity (Wildman–Crippen MR) is 82.0 cm³/mol. The van der Waals surface area contributed by atoms with Crippen LogP contribution in [0.2, 0.25) is 0 Å². The van der Waals surface area contributed by atoms with Crippen molar-refractivity contribution in [3.05, 3.63) is 58.3 Å². The molecule has 0 aliphatic carbocycles. The lowest BCUT2D eigenvalue weighted by molar-refractivity contribution is 0.390. The van der Waals surface area contributed by atoms with Crippen molar-refractivity contribution < 1.29 is 4.74 Å². The summed E-state index contributed by atoms with van der Waals surface area (Å²) in [6.45, 7) is 8.07. The molecule has 0 saturated heterocycles. The summed E-state index contributed by atoms with van der Waals surface area (Å²) >= 11 is 0. The van der Waals surface area contributed by atoms with E-state index in [0.29, 0.717) is 5.88 Å². The predicted octanol–water partition coefficient (Wildman–Crippen LogP) is 3.31. The zero-order chi connectivity index (χ0) is 14.5. The van der Waals surface area contributed by atoms with Gasteiger partial charge in [-0.25, -0.2) is 4.98 Å². The first-order valence-corrected chi connectivity index (χ1v) is 6.87. The van der Waals surface area contributed by atoms with E-state index >= 15 is 0 Å². The Morgan fingerprint density at radius 2 is 1.70 bits per heavy atom. The van der Waals surface area contributed by atoms with Gasteiger partial charge in [-0.15, -0.1) is 0 Å². The summed E-state index contributed by atoms with van der Waals surface area (Å²) < 4.78 is 5.26. The van der Waals surface area contributed by atoms with Crippen LogP contribution in [0.3, 0.4) is 0 Å². The summed E-state index contributed by atoms with van der Waals surface area (Å²) in [6.07, 6.45) is 1.75. The highest BCUT2D eigenvalue weighted by molar-refractivity contribution is 5.36. The first-order chi connectivity index (χ1) is 9.61. The molecular formula is C17H22N2O. The Bertz CT molecular complexity index is 594. The van der Waals surface area contributed by atoms with Crippen LogP contribution in [0.4, 0.5) is 0 Å². The Labute approximate surface area is 121 Å². The lowest BCUT2D eigenvalue weighted by Gasteiger charge is -2.12. The fourth-order valence-electron chi connectivity index (χ4n) is 2.29. The van der Waals surface area contributed by atoms with Crippen LogP contribution in [-0.4, -0.2) is 12.1 Å². The molecule has 1 aromatic heterocycles. The summed E-state index contributed by atoms with van der Waals surface area (Å²) in [5, 5.41) is 3.46.